The second-order valence-corrected chi connectivity index (χ2v) is 7.20. The Balaban J connectivity index is 1.86. The molecule has 0 saturated carbocycles. The van der Waals surface area contributed by atoms with E-state index in [-0.39, 0.29) is 0 Å². The molecule has 0 saturated heterocycles. The maximum atomic E-state index is 3.69. The van der Waals surface area contributed by atoms with E-state index in [1.165, 1.54) is 36.8 Å². The van der Waals surface area contributed by atoms with Crippen LogP contribution in [0.15, 0.2) is 40.9 Å². The molecule has 19 heavy (non-hydrogen) atoms. The molecule has 3 heteroatoms. The first kappa shape index (κ1) is 13.4. The van der Waals surface area contributed by atoms with Crippen LogP contribution in [0.1, 0.15) is 29.2 Å². The predicted molar refractivity (Wildman–Crippen MR) is 92.7 cm³/mol. The molecule has 0 aromatic heterocycles. The topological polar surface area (TPSA) is 12.0 Å². The van der Waals surface area contributed by atoms with E-state index in [2.05, 4.69) is 87.2 Å². The van der Waals surface area contributed by atoms with Gasteiger partial charge in [0.25, 0.3) is 0 Å². The fraction of sp³-hybridized carbons (Fsp3) is 0.250. The molecule has 0 heterocycles. The second kappa shape index (κ2) is 5.44. The third-order valence-electron chi connectivity index (χ3n) is 3.70. The summed E-state index contributed by atoms with van der Waals surface area (Å²) < 4.78 is 2.47. The van der Waals surface area contributed by atoms with E-state index in [0.717, 1.165) is 6.42 Å². The standard InChI is InChI=1S/C16H15BrIN/c1-10-8-13(18)4-7-15(10)19-16-6-2-11-9-12(17)3-5-14(11)16/h3-5,7-9,16,19H,2,6H2,1H3. The van der Waals surface area contributed by atoms with E-state index >= 15 is 0 Å². The number of hydrogen-bond acceptors (Lipinski definition) is 1. The first-order chi connectivity index (χ1) is 9.13. The van der Waals surface area contributed by atoms with Gasteiger partial charge in [-0.3, -0.25) is 0 Å². The first-order valence-corrected chi connectivity index (χ1v) is 8.31. The third kappa shape index (κ3) is 2.82. The molecule has 0 aliphatic heterocycles. The van der Waals surface area contributed by atoms with Crippen molar-refractivity contribution in [3.63, 3.8) is 0 Å². The lowest BCUT2D eigenvalue weighted by atomic mass is 10.1. The number of benzene rings is 2. The van der Waals surface area contributed by atoms with Crippen molar-refractivity contribution in [3.8, 4) is 0 Å². The molecule has 1 N–H and O–H groups in total. The number of fused-ring (bicyclic) bond motifs is 1. The summed E-state index contributed by atoms with van der Waals surface area (Å²) in [6, 6.07) is 13.6. The summed E-state index contributed by atoms with van der Waals surface area (Å²) >= 11 is 5.91. The molecular weight excluding hydrogens is 413 g/mol. The predicted octanol–water partition coefficient (Wildman–Crippen LogP) is 5.46. The Morgan fingerprint density at radius 1 is 1.21 bits per heavy atom. The van der Waals surface area contributed by atoms with Gasteiger partial charge in [-0.25, -0.2) is 0 Å². The molecule has 1 atom stereocenters. The van der Waals surface area contributed by atoms with E-state index < -0.39 is 0 Å². The molecule has 0 spiro atoms. The van der Waals surface area contributed by atoms with Gasteiger partial charge in [0.2, 0.25) is 0 Å². The number of halogens is 2. The van der Waals surface area contributed by atoms with Gasteiger partial charge in [-0.15, -0.1) is 0 Å². The maximum absolute atomic E-state index is 3.69. The lowest BCUT2D eigenvalue weighted by Gasteiger charge is -2.17. The summed E-state index contributed by atoms with van der Waals surface area (Å²) in [7, 11) is 0. The van der Waals surface area contributed by atoms with E-state index in [9.17, 15) is 0 Å². The Morgan fingerprint density at radius 2 is 2.05 bits per heavy atom. The van der Waals surface area contributed by atoms with Crippen LogP contribution in [0.3, 0.4) is 0 Å². The van der Waals surface area contributed by atoms with Crippen LogP contribution < -0.4 is 5.32 Å². The third-order valence-corrected chi connectivity index (χ3v) is 4.87. The van der Waals surface area contributed by atoms with Crippen LogP contribution in [0.2, 0.25) is 0 Å². The van der Waals surface area contributed by atoms with Gasteiger partial charge in [0.1, 0.15) is 0 Å². The zero-order valence-electron chi connectivity index (χ0n) is 10.7. The van der Waals surface area contributed by atoms with Crippen molar-refractivity contribution in [2.75, 3.05) is 5.32 Å². The fourth-order valence-corrected chi connectivity index (χ4v) is 3.77. The number of rotatable bonds is 2. The largest absolute Gasteiger partial charge is 0.378 e. The molecule has 0 fully saturated rings. The molecule has 98 valence electrons. The van der Waals surface area contributed by atoms with Gasteiger partial charge >= 0.3 is 0 Å². The highest BCUT2D eigenvalue weighted by atomic mass is 127. The summed E-state index contributed by atoms with van der Waals surface area (Å²) in [6.45, 7) is 2.17. The van der Waals surface area contributed by atoms with Gasteiger partial charge in [0.15, 0.2) is 0 Å². The van der Waals surface area contributed by atoms with Crippen LogP contribution in [0.25, 0.3) is 0 Å². The minimum absolute atomic E-state index is 0.446. The van der Waals surface area contributed by atoms with Crippen molar-refractivity contribution in [2.24, 2.45) is 0 Å². The van der Waals surface area contributed by atoms with Crippen molar-refractivity contribution >= 4 is 44.2 Å². The van der Waals surface area contributed by atoms with Crippen molar-refractivity contribution in [2.45, 2.75) is 25.8 Å². The van der Waals surface area contributed by atoms with Crippen molar-refractivity contribution in [3.05, 3.63) is 61.1 Å². The number of anilines is 1. The quantitative estimate of drug-likeness (QED) is 0.627. The molecule has 1 aliphatic rings. The lowest BCUT2D eigenvalue weighted by Crippen LogP contribution is -2.08. The fourth-order valence-electron chi connectivity index (χ4n) is 2.71. The normalized spacial score (nSPS) is 17.3. The van der Waals surface area contributed by atoms with E-state index in [1.54, 1.807) is 0 Å². The Hall–Kier alpha value is -0.550. The molecular formula is C16H15BrIN. The Labute approximate surface area is 136 Å². The summed E-state index contributed by atoms with van der Waals surface area (Å²) in [5.41, 5.74) is 5.48. The van der Waals surface area contributed by atoms with E-state index in [4.69, 9.17) is 0 Å². The average Bonchev–Trinajstić information content (AvgIpc) is 2.75. The SMILES string of the molecule is Cc1cc(I)ccc1NC1CCc2cc(Br)ccc21. The van der Waals surface area contributed by atoms with Crippen molar-refractivity contribution < 1.29 is 0 Å². The van der Waals surface area contributed by atoms with E-state index in [1.807, 2.05) is 0 Å². The number of aryl methyl sites for hydroxylation is 2. The van der Waals surface area contributed by atoms with Crippen LogP contribution in [-0.2, 0) is 6.42 Å². The smallest absolute Gasteiger partial charge is 0.0519 e. The van der Waals surface area contributed by atoms with Gasteiger partial charge in [-0.05, 0) is 89.4 Å². The van der Waals surface area contributed by atoms with Gasteiger partial charge in [-0.2, -0.15) is 0 Å². The Kier molecular flexibility index (Phi) is 3.85. The van der Waals surface area contributed by atoms with Gasteiger partial charge in [0, 0.05) is 13.7 Å². The van der Waals surface area contributed by atoms with Gasteiger partial charge < -0.3 is 5.32 Å². The Morgan fingerprint density at radius 3 is 2.84 bits per heavy atom. The highest BCUT2D eigenvalue weighted by Crippen LogP contribution is 2.36. The summed E-state index contributed by atoms with van der Waals surface area (Å²) in [4.78, 5) is 0. The summed E-state index contributed by atoms with van der Waals surface area (Å²) in [5, 5.41) is 3.69. The Bertz CT molecular complexity index is 624. The van der Waals surface area contributed by atoms with Crippen molar-refractivity contribution in [1.82, 2.24) is 0 Å². The molecule has 1 nitrogen and oxygen atoms in total. The van der Waals surface area contributed by atoms with Gasteiger partial charge in [-0.1, -0.05) is 22.0 Å². The van der Waals surface area contributed by atoms with Crippen LogP contribution >= 0.6 is 38.5 Å². The maximum Gasteiger partial charge on any atom is 0.0519 e. The molecule has 1 aliphatic carbocycles. The highest BCUT2D eigenvalue weighted by molar-refractivity contribution is 14.1. The van der Waals surface area contributed by atoms with Crippen molar-refractivity contribution in [1.29, 1.82) is 0 Å². The molecule has 0 bridgehead atoms. The first-order valence-electron chi connectivity index (χ1n) is 6.44. The van der Waals surface area contributed by atoms with Gasteiger partial charge in [0.05, 0.1) is 6.04 Å². The van der Waals surface area contributed by atoms with E-state index in [0.29, 0.717) is 6.04 Å². The summed E-state index contributed by atoms with van der Waals surface area (Å²) in [5.74, 6) is 0. The molecule has 1 unspecified atom stereocenters. The average molecular weight is 428 g/mol. The molecule has 3 rings (SSSR count). The number of hydrogen-bond donors (Lipinski definition) is 1. The minimum Gasteiger partial charge on any atom is -0.378 e. The zero-order valence-corrected chi connectivity index (χ0v) is 14.5. The molecule has 0 amide bonds. The van der Waals surface area contributed by atoms with Crippen LogP contribution in [0, 0.1) is 10.5 Å². The van der Waals surface area contributed by atoms with Crippen LogP contribution in [0.5, 0.6) is 0 Å². The van der Waals surface area contributed by atoms with Crippen LogP contribution in [-0.4, -0.2) is 0 Å². The minimum atomic E-state index is 0.446. The molecule has 2 aromatic rings. The molecule has 0 radical (unpaired) electrons. The molecule has 2 aromatic carbocycles. The zero-order chi connectivity index (χ0) is 13.4. The second-order valence-electron chi connectivity index (χ2n) is 5.04. The summed E-state index contributed by atoms with van der Waals surface area (Å²) in [6.07, 6.45) is 2.34. The van der Waals surface area contributed by atoms with Crippen LogP contribution in [0.4, 0.5) is 5.69 Å². The number of nitrogens with one attached hydrogen (secondary N) is 1. The highest BCUT2D eigenvalue weighted by Gasteiger charge is 2.22. The monoisotopic (exact) mass is 427 g/mol. The lowest BCUT2D eigenvalue weighted by molar-refractivity contribution is 0.761.